The Morgan fingerprint density at radius 1 is 0.913 bits per heavy atom. The molecule has 1 heterocycles. The van der Waals surface area contributed by atoms with Gasteiger partial charge in [-0.15, -0.1) is 0 Å². The van der Waals surface area contributed by atoms with Gasteiger partial charge in [0.1, 0.15) is 5.56 Å². The number of aryl methyl sites for hydroxylation is 1. The zero-order chi connectivity index (χ0) is 16.2. The van der Waals surface area contributed by atoms with E-state index in [-0.39, 0.29) is 5.56 Å². The van der Waals surface area contributed by atoms with Gasteiger partial charge in [-0.2, -0.15) is 0 Å². The van der Waals surface area contributed by atoms with Crippen LogP contribution in [0.1, 0.15) is 15.9 Å². The monoisotopic (exact) mass is 304 g/mol. The highest BCUT2D eigenvalue weighted by Gasteiger charge is 2.11. The third-order valence-corrected chi connectivity index (χ3v) is 3.55. The molecule has 114 valence electrons. The van der Waals surface area contributed by atoms with Crippen molar-refractivity contribution in [2.45, 2.75) is 6.92 Å². The van der Waals surface area contributed by atoms with Gasteiger partial charge in [0.2, 0.25) is 0 Å². The quantitative estimate of drug-likeness (QED) is 0.776. The first-order chi connectivity index (χ1) is 11.1. The van der Waals surface area contributed by atoms with Gasteiger partial charge in [-0.3, -0.25) is 9.59 Å². The van der Waals surface area contributed by atoms with Crippen LogP contribution in [0.15, 0.2) is 71.5 Å². The molecule has 0 aliphatic carbocycles. The first-order valence-electron chi connectivity index (χ1n) is 7.30. The van der Waals surface area contributed by atoms with Crippen LogP contribution in [0.2, 0.25) is 0 Å². The summed E-state index contributed by atoms with van der Waals surface area (Å²) in [7, 11) is 0. The average Bonchev–Trinajstić information content (AvgIpc) is 2.57. The van der Waals surface area contributed by atoms with Crippen molar-refractivity contribution in [2.24, 2.45) is 0 Å². The summed E-state index contributed by atoms with van der Waals surface area (Å²) < 4.78 is 0. The minimum Gasteiger partial charge on any atom is -0.322 e. The number of aromatic amines is 1. The van der Waals surface area contributed by atoms with E-state index in [9.17, 15) is 9.59 Å². The molecule has 0 atom stereocenters. The predicted molar refractivity (Wildman–Crippen MR) is 91.6 cm³/mol. The molecule has 0 aliphatic heterocycles. The van der Waals surface area contributed by atoms with Gasteiger partial charge < -0.3 is 10.3 Å². The highest BCUT2D eigenvalue weighted by atomic mass is 16.2. The van der Waals surface area contributed by atoms with Crippen LogP contribution in [0.5, 0.6) is 0 Å². The Kier molecular flexibility index (Phi) is 4.06. The average molecular weight is 304 g/mol. The summed E-state index contributed by atoms with van der Waals surface area (Å²) in [5.74, 6) is -0.422. The fraction of sp³-hybridized carbons (Fsp3) is 0.0526. The second-order valence-electron chi connectivity index (χ2n) is 5.30. The molecule has 4 heteroatoms. The Balaban J connectivity index is 1.84. The number of pyridine rings is 1. The van der Waals surface area contributed by atoms with Crippen LogP contribution < -0.4 is 10.9 Å². The van der Waals surface area contributed by atoms with Crippen molar-refractivity contribution in [1.29, 1.82) is 0 Å². The lowest BCUT2D eigenvalue weighted by Gasteiger charge is -2.06. The Morgan fingerprint density at radius 2 is 1.61 bits per heavy atom. The van der Waals surface area contributed by atoms with Crippen molar-refractivity contribution in [3.8, 4) is 11.3 Å². The largest absolute Gasteiger partial charge is 0.322 e. The van der Waals surface area contributed by atoms with E-state index in [0.717, 1.165) is 11.1 Å². The van der Waals surface area contributed by atoms with E-state index in [1.54, 1.807) is 24.3 Å². The fourth-order valence-electron chi connectivity index (χ4n) is 2.27. The Bertz CT molecular complexity index is 881. The SMILES string of the molecule is Cc1ccc(NC(=O)c2ccc(-c3ccccc3)[nH]c2=O)cc1. The van der Waals surface area contributed by atoms with Crippen LogP contribution in [0.4, 0.5) is 5.69 Å². The number of anilines is 1. The molecule has 3 aromatic rings. The molecule has 1 amide bonds. The first kappa shape index (κ1) is 14.8. The lowest BCUT2D eigenvalue weighted by atomic mass is 10.1. The Labute approximate surface area is 133 Å². The van der Waals surface area contributed by atoms with Crippen molar-refractivity contribution < 1.29 is 4.79 Å². The van der Waals surface area contributed by atoms with Crippen LogP contribution >= 0.6 is 0 Å². The molecule has 0 radical (unpaired) electrons. The number of benzene rings is 2. The normalized spacial score (nSPS) is 10.3. The summed E-state index contributed by atoms with van der Waals surface area (Å²) in [5.41, 5.74) is 3.03. The minimum atomic E-state index is -0.422. The third-order valence-electron chi connectivity index (χ3n) is 3.55. The van der Waals surface area contributed by atoms with Crippen molar-refractivity contribution in [2.75, 3.05) is 5.32 Å². The van der Waals surface area contributed by atoms with Crippen LogP contribution in [0.3, 0.4) is 0 Å². The van der Waals surface area contributed by atoms with Crippen LogP contribution in [-0.4, -0.2) is 10.9 Å². The van der Waals surface area contributed by atoms with Crippen LogP contribution in [0.25, 0.3) is 11.3 Å². The van der Waals surface area contributed by atoms with Crippen LogP contribution in [-0.2, 0) is 0 Å². The van der Waals surface area contributed by atoms with Crippen molar-refractivity contribution in [3.63, 3.8) is 0 Å². The van der Waals surface area contributed by atoms with E-state index in [0.29, 0.717) is 11.4 Å². The lowest BCUT2D eigenvalue weighted by molar-refractivity contribution is 0.102. The molecule has 3 rings (SSSR count). The second-order valence-corrected chi connectivity index (χ2v) is 5.30. The van der Waals surface area contributed by atoms with E-state index < -0.39 is 11.5 Å². The molecule has 2 N–H and O–H groups in total. The van der Waals surface area contributed by atoms with Gasteiger partial charge in [-0.25, -0.2) is 0 Å². The summed E-state index contributed by atoms with van der Waals surface area (Å²) in [5, 5.41) is 2.73. The summed E-state index contributed by atoms with van der Waals surface area (Å²) in [6.45, 7) is 1.97. The maximum absolute atomic E-state index is 12.2. The molecule has 0 spiro atoms. The molecule has 4 nitrogen and oxygen atoms in total. The Morgan fingerprint density at radius 3 is 2.26 bits per heavy atom. The van der Waals surface area contributed by atoms with Gasteiger partial charge in [-0.05, 0) is 36.8 Å². The number of hydrogen-bond donors (Lipinski definition) is 2. The molecule has 1 aromatic heterocycles. The van der Waals surface area contributed by atoms with Crippen LogP contribution in [0, 0.1) is 6.92 Å². The number of rotatable bonds is 3. The maximum atomic E-state index is 12.2. The van der Waals surface area contributed by atoms with Gasteiger partial charge in [0.25, 0.3) is 11.5 Å². The van der Waals surface area contributed by atoms with E-state index in [4.69, 9.17) is 0 Å². The number of carbonyl (C=O) groups is 1. The predicted octanol–water partition coefficient (Wildman–Crippen LogP) is 3.60. The van der Waals surface area contributed by atoms with Gasteiger partial charge in [0, 0.05) is 11.4 Å². The Hall–Kier alpha value is -3.14. The first-order valence-corrected chi connectivity index (χ1v) is 7.30. The highest BCUT2D eigenvalue weighted by Crippen LogP contribution is 2.15. The third kappa shape index (κ3) is 3.37. The zero-order valence-electron chi connectivity index (χ0n) is 12.7. The molecule has 0 unspecified atom stereocenters. The summed E-state index contributed by atoms with van der Waals surface area (Å²) >= 11 is 0. The van der Waals surface area contributed by atoms with E-state index >= 15 is 0 Å². The number of hydrogen-bond acceptors (Lipinski definition) is 2. The number of H-pyrrole nitrogens is 1. The minimum absolute atomic E-state index is 0.0882. The maximum Gasteiger partial charge on any atom is 0.261 e. The molecule has 0 aliphatic rings. The number of amides is 1. The lowest BCUT2D eigenvalue weighted by Crippen LogP contribution is -2.23. The number of carbonyl (C=O) groups excluding carboxylic acids is 1. The van der Waals surface area contributed by atoms with Crippen molar-refractivity contribution in [3.05, 3.63) is 88.2 Å². The second kappa shape index (κ2) is 6.32. The van der Waals surface area contributed by atoms with Gasteiger partial charge in [-0.1, -0.05) is 48.0 Å². The van der Waals surface area contributed by atoms with Gasteiger partial charge in [0.05, 0.1) is 0 Å². The summed E-state index contributed by atoms with van der Waals surface area (Å²) in [6.07, 6.45) is 0. The zero-order valence-corrected chi connectivity index (χ0v) is 12.7. The molecular formula is C19H16N2O2. The van der Waals surface area contributed by atoms with Gasteiger partial charge in [0.15, 0.2) is 0 Å². The van der Waals surface area contributed by atoms with Gasteiger partial charge >= 0.3 is 0 Å². The summed E-state index contributed by atoms with van der Waals surface area (Å²) in [6, 6.07) is 20.2. The smallest absolute Gasteiger partial charge is 0.261 e. The topological polar surface area (TPSA) is 62.0 Å². The molecule has 0 saturated carbocycles. The molecule has 0 saturated heterocycles. The van der Waals surface area contributed by atoms with E-state index in [1.165, 1.54) is 0 Å². The highest BCUT2D eigenvalue weighted by molar-refractivity contribution is 6.04. The molecule has 0 bridgehead atoms. The van der Waals surface area contributed by atoms with Crippen molar-refractivity contribution >= 4 is 11.6 Å². The number of aromatic nitrogens is 1. The summed E-state index contributed by atoms with van der Waals surface area (Å²) in [4.78, 5) is 27.2. The van der Waals surface area contributed by atoms with E-state index in [1.807, 2.05) is 49.4 Å². The standard InChI is InChI=1S/C19H16N2O2/c1-13-7-9-15(10-8-13)20-18(22)16-11-12-17(21-19(16)23)14-5-3-2-4-6-14/h2-12H,1H3,(H,20,22)(H,21,23). The van der Waals surface area contributed by atoms with E-state index in [2.05, 4.69) is 10.3 Å². The number of nitrogens with one attached hydrogen (secondary N) is 2. The molecular weight excluding hydrogens is 288 g/mol. The molecule has 0 fully saturated rings. The molecule has 23 heavy (non-hydrogen) atoms. The fourth-order valence-corrected chi connectivity index (χ4v) is 2.27. The van der Waals surface area contributed by atoms with Crippen molar-refractivity contribution in [1.82, 2.24) is 4.98 Å². The molecule has 2 aromatic carbocycles.